The molecule has 0 aliphatic carbocycles. The molecule has 0 spiro atoms. The van der Waals surface area contributed by atoms with Crippen LogP contribution in [0.5, 0.6) is 0 Å². The first-order valence-corrected chi connectivity index (χ1v) is 28.9. The quantitative estimate of drug-likeness (QED) is 0.0211. The zero-order valence-corrected chi connectivity index (χ0v) is 43.9. The van der Waals surface area contributed by atoms with E-state index in [2.05, 4.69) is 26.0 Å². The van der Waals surface area contributed by atoms with Gasteiger partial charge in [0.15, 0.2) is 6.10 Å². The Morgan fingerprint density at radius 3 is 1.16 bits per heavy atom. The summed E-state index contributed by atoms with van der Waals surface area (Å²) in [4.78, 5) is 35.5. The van der Waals surface area contributed by atoms with Crippen LogP contribution in [0.15, 0.2) is 12.2 Å². The third kappa shape index (κ3) is 50.2. The molecular formula is C54H107NO8P+. The van der Waals surface area contributed by atoms with Gasteiger partial charge in [0.2, 0.25) is 0 Å². The van der Waals surface area contributed by atoms with Crippen LogP contribution in [0.25, 0.3) is 0 Å². The highest BCUT2D eigenvalue weighted by Crippen LogP contribution is 2.43. The third-order valence-electron chi connectivity index (χ3n) is 12.3. The van der Waals surface area contributed by atoms with Gasteiger partial charge < -0.3 is 18.9 Å². The first kappa shape index (κ1) is 62.8. The minimum atomic E-state index is -4.37. The Bertz CT molecular complexity index is 1100. The topological polar surface area (TPSA) is 108 Å². The number of unbranched alkanes of at least 4 members (excludes halogenated alkanes) is 35. The zero-order valence-electron chi connectivity index (χ0n) is 43.0. The summed E-state index contributed by atoms with van der Waals surface area (Å²) in [5, 5.41) is 0. The van der Waals surface area contributed by atoms with Gasteiger partial charge in [0.1, 0.15) is 19.8 Å². The Hall–Kier alpha value is -1.25. The highest BCUT2D eigenvalue weighted by molar-refractivity contribution is 7.47. The van der Waals surface area contributed by atoms with Crippen molar-refractivity contribution in [3.63, 3.8) is 0 Å². The van der Waals surface area contributed by atoms with Gasteiger partial charge in [-0.15, -0.1) is 0 Å². The molecule has 1 N–H and O–H groups in total. The van der Waals surface area contributed by atoms with Crippen molar-refractivity contribution in [3.05, 3.63) is 12.2 Å². The van der Waals surface area contributed by atoms with E-state index in [-0.39, 0.29) is 25.6 Å². The number of likely N-dealkylation sites (N-methyl/N-ethyl adjacent to an activating group) is 1. The number of quaternary nitrogens is 1. The molecule has 0 radical (unpaired) electrons. The van der Waals surface area contributed by atoms with Gasteiger partial charge in [-0.1, -0.05) is 231 Å². The number of allylic oxidation sites excluding steroid dienone is 2. The Morgan fingerprint density at radius 2 is 0.797 bits per heavy atom. The lowest BCUT2D eigenvalue weighted by molar-refractivity contribution is -0.870. The number of phosphoric acid groups is 1. The number of rotatable bonds is 51. The van der Waals surface area contributed by atoms with Crippen LogP contribution in [0.1, 0.15) is 271 Å². The summed E-state index contributed by atoms with van der Waals surface area (Å²) in [6.45, 7) is 4.46. The lowest BCUT2D eigenvalue weighted by atomic mass is 10.0. The van der Waals surface area contributed by atoms with Gasteiger partial charge in [0, 0.05) is 12.8 Å². The van der Waals surface area contributed by atoms with E-state index < -0.39 is 26.5 Å². The maximum atomic E-state index is 12.8. The Balaban J connectivity index is 4.01. The first-order chi connectivity index (χ1) is 31.0. The second-order valence-electron chi connectivity index (χ2n) is 20.0. The van der Waals surface area contributed by atoms with E-state index in [9.17, 15) is 19.0 Å². The largest absolute Gasteiger partial charge is 0.472 e. The van der Waals surface area contributed by atoms with Crippen molar-refractivity contribution >= 4 is 19.8 Å². The monoisotopic (exact) mass is 929 g/mol. The van der Waals surface area contributed by atoms with Crippen LogP contribution in [0.4, 0.5) is 0 Å². The molecule has 0 aromatic rings. The molecule has 380 valence electrons. The average molecular weight is 929 g/mol. The van der Waals surface area contributed by atoms with Gasteiger partial charge in [-0.3, -0.25) is 18.6 Å². The zero-order chi connectivity index (χ0) is 47.1. The van der Waals surface area contributed by atoms with Gasteiger partial charge in [-0.2, -0.15) is 0 Å². The second-order valence-corrected chi connectivity index (χ2v) is 21.4. The predicted octanol–water partition coefficient (Wildman–Crippen LogP) is 16.5. The molecule has 0 amide bonds. The Labute approximate surface area is 396 Å². The van der Waals surface area contributed by atoms with Crippen molar-refractivity contribution in [1.82, 2.24) is 0 Å². The Morgan fingerprint density at radius 1 is 0.469 bits per heavy atom. The number of carbonyl (C=O) groups excluding carboxylic acids is 2. The van der Waals surface area contributed by atoms with E-state index in [1.54, 1.807) is 0 Å². The summed E-state index contributed by atoms with van der Waals surface area (Å²) in [6.07, 6.45) is 52.9. The lowest BCUT2D eigenvalue weighted by Crippen LogP contribution is -2.37. The number of esters is 2. The summed E-state index contributed by atoms with van der Waals surface area (Å²) in [5.74, 6) is -0.783. The van der Waals surface area contributed by atoms with Crippen molar-refractivity contribution in [3.8, 4) is 0 Å². The lowest BCUT2D eigenvalue weighted by Gasteiger charge is -2.24. The maximum Gasteiger partial charge on any atom is 0.472 e. The highest BCUT2D eigenvalue weighted by atomic mass is 31.2. The van der Waals surface area contributed by atoms with Gasteiger partial charge in [0.25, 0.3) is 0 Å². The highest BCUT2D eigenvalue weighted by Gasteiger charge is 2.27. The maximum absolute atomic E-state index is 12.8. The van der Waals surface area contributed by atoms with E-state index in [1.807, 2.05) is 21.1 Å². The van der Waals surface area contributed by atoms with E-state index in [1.165, 1.54) is 205 Å². The molecule has 0 aliphatic rings. The number of nitrogens with zero attached hydrogens (tertiary/aromatic N) is 1. The number of hydrogen-bond donors (Lipinski definition) is 1. The summed E-state index contributed by atoms with van der Waals surface area (Å²) in [5.41, 5.74) is 0. The summed E-state index contributed by atoms with van der Waals surface area (Å²) in [6, 6.07) is 0. The number of hydrogen-bond acceptors (Lipinski definition) is 7. The third-order valence-corrected chi connectivity index (χ3v) is 13.3. The van der Waals surface area contributed by atoms with Crippen LogP contribution in [0, 0.1) is 0 Å². The van der Waals surface area contributed by atoms with Crippen molar-refractivity contribution in [2.45, 2.75) is 277 Å². The molecule has 2 unspecified atom stereocenters. The molecule has 0 bridgehead atoms. The van der Waals surface area contributed by atoms with Gasteiger partial charge in [-0.05, 0) is 38.5 Å². The van der Waals surface area contributed by atoms with E-state index >= 15 is 0 Å². The molecule has 64 heavy (non-hydrogen) atoms. The minimum absolute atomic E-state index is 0.0358. The molecule has 0 rings (SSSR count). The summed E-state index contributed by atoms with van der Waals surface area (Å²) in [7, 11) is 1.49. The van der Waals surface area contributed by atoms with Crippen molar-refractivity contribution in [2.24, 2.45) is 0 Å². The summed E-state index contributed by atoms with van der Waals surface area (Å²) >= 11 is 0. The van der Waals surface area contributed by atoms with Crippen LogP contribution in [-0.4, -0.2) is 74.9 Å². The predicted molar refractivity (Wildman–Crippen MR) is 271 cm³/mol. The van der Waals surface area contributed by atoms with E-state index in [0.29, 0.717) is 23.9 Å². The average Bonchev–Trinajstić information content (AvgIpc) is 3.25. The molecule has 9 nitrogen and oxygen atoms in total. The van der Waals surface area contributed by atoms with Crippen LogP contribution in [-0.2, 0) is 32.7 Å². The molecule has 0 aromatic carbocycles. The Kier molecular flexibility index (Phi) is 45.9. The SMILES string of the molecule is CCCCCCCCCC/C=C\CCCCCCCCCCCCCCCCCCCC(=O)OC(COC(=O)CCCCCCCCCCCCC)COP(=O)(O)OCC[N+](C)(C)C. The first-order valence-electron chi connectivity index (χ1n) is 27.4. The van der Waals surface area contributed by atoms with Gasteiger partial charge >= 0.3 is 19.8 Å². The summed E-state index contributed by atoms with van der Waals surface area (Å²) < 4.78 is 34.4. The molecule has 10 heteroatoms. The number of phosphoric ester groups is 1. The molecule has 2 atom stereocenters. The van der Waals surface area contributed by atoms with Gasteiger partial charge in [-0.25, -0.2) is 4.57 Å². The number of carbonyl (C=O) groups is 2. The number of ether oxygens (including phenoxy) is 2. The molecule has 0 aliphatic heterocycles. The van der Waals surface area contributed by atoms with Crippen LogP contribution in [0.3, 0.4) is 0 Å². The van der Waals surface area contributed by atoms with Crippen molar-refractivity contribution < 1.29 is 42.1 Å². The second kappa shape index (κ2) is 46.8. The fourth-order valence-corrected chi connectivity index (χ4v) is 8.75. The fraction of sp³-hybridized carbons (Fsp3) is 0.926. The van der Waals surface area contributed by atoms with Crippen molar-refractivity contribution in [1.29, 1.82) is 0 Å². The molecule has 0 saturated heterocycles. The molecule has 0 fully saturated rings. The van der Waals surface area contributed by atoms with Crippen LogP contribution < -0.4 is 0 Å². The smallest absolute Gasteiger partial charge is 0.462 e. The molecular weight excluding hydrogens is 822 g/mol. The molecule has 0 aromatic heterocycles. The molecule has 0 saturated carbocycles. The normalized spacial score (nSPS) is 13.4. The van der Waals surface area contributed by atoms with Gasteiger partial charge in [0.05, 0.1) is 27.7 Å². The van der Waals surface area contributed by atoms with E-state index in [4.69, 9.17) is 18.5 Å². The standard InChI is InChI=1S/C54H106NO8P/c1-6-8-10-12-14-16-18-19-20-21-22-23-24-25-26-27-28-29-30-31-32-33-34-35-37-39-41-43-45-47-54(57)63-52(51-62-64(58,59)61-49-48-55(3,4)5)50-60-53(56)46-44-42-40-38-36-17-15-13-11-9-7-2/h21-22,52H,6-20,23-51H2,1-5H3/p+1/b22-21-. The van der Waals surface area contributed by atoms with Crippen LogP contribution in [0.2, 0.25) is 0 Å². The van der Waals surface area contributed by atoms with Crippen molar-refractivity contribution in [2.75, 3.05) is 47.5 Å². The van der Waals surface area contributed by atoms with Crippen LogP contribution >= 0.6 is 7.82 Å². The van der Waals surface area contributed by atoms with E-state index in [0.717, 1.165) is 32.1 Å². The molecule has 0 heterocycles. The fourth-order valence-electron chi connectivity index (χ4n) is 8.01. The minimum Gasteiger partial charge on any atom is -0.462 e.